The molecule has 5 nitrogen and oxygen atoms in total. The molecular formula is C22H17ClN4O. The van der Waals surface area contributed by atoms with Crippen molar-refractivity contribution in [1.29, 1.82) is 0 Å². The molecule has 0 radical (unpaired) electrons. The van der Waals surface area contributed by atoms with E-state index < -0.39 is 6.04 Å². The van der Waals surface area contributed by atoms with Gasteiger partial charge in [-0.05, 0) is 59.2 Å². The van der Waals surface area contributed by atoms with Crippen LogP contribution in [0.15, 0.2) is 79.1 Å². The van der Waals surface area contributed by atoms with Crippen molar-refractivity contribution in [2.75, 3.05) is 5.32 Å². The Morgan fingerprint density at radius 2 is 1.64 bits per heavy atom. The third-order valence-corrected chi connectivity index (χ3v) is 4.74. The van der Waals surface area contributed by atoms with Crippen LogP contribution < -0.4 is 11.1 Å². The fourth-order valence-electron chi connectivity index (χ4n) is 3.01. The van der Waals surface area contributed by atoms with Crippen LogP contribution >= 0.6 is 11.6 Å². The highest BCUT2D eigenvalue weighted by molar-refractivity contribution is 6.30. The van der Waals surface area contributed by atoms with Crippen molar-refractivity contribution in [2.45, 2.75) is 6.04 Å². The van der Waals surface area contributed by atoms with Crippen LogP contribution in [-0.4, -0.2) is 15.9 Å². The highest BCUT2D eigenvalue weighted by Gasteiger charge is 2.16. The standard InChI is InChI=1S/C22H17ClN4O/c23-16-7-3-15(4-8-16)20(24)22(28)27-17-9-5-14(6-10-17)18-11-13-26-21-19(18)2-1-12-25-21/h1-13,20H,24H2,(H,27,28). The van der Waals surface area contributed by atoms with E-state index in [0.717, 1.165) is 16.5 Å². The third kappa shape index (κ3) is 3.71. The number of nitrogens with one attached hydrogen (secondary N) is 1. The van der Waals surface area contributed by atoms with Gasteiger partial charge in [-0.3, -0.25) is 4.79 Å². The number of hydrogen-bond donors (Lipinski definition) is 2. The van der Waals surface area contributed by atoms with Crippen molar-refractivity contribution >= 4 is 34.2 Å². The molecule has 0 saturated heterocycles. The van der Waals surface area contributed by atoms with E-state index in [1.165, 1.54) is 0 Å². The van der Waals surface area contributed by atoms with E-state index in [1.54, 1.807) is 36.7 Å². The maximum absolute atomic E-state index is 12.4. The third-order valence-electron chi connectivity index (χ3n) is 4.49. The normalized spacial score (nSPS) is 11.9. The Morgan fingerprint density at radius 3 is 2.39 bits per heavy atom. The zero-order valence-electron chi connectivity index (χ0n) is 14.8. The molecular weight excluding hydrogens is 372 g/mol. The van der Waals surface area contributed by atoms with Gasteiger partial charge in [-0.1, -0.05) is 35.9 Å². The zero-order chi connectivity index (χ0) is 19.5. The van der Waals surface area contributed by atoms with Crippen molar-refractivity contribution in [1.82, 2.24) is 9.97 Å². The lowest BCUT2D eigenvalue weighted by Gasteiger charge is -2.13. The average molecular weight is 389 g/mol. The Balaban J connectivity index is 1.53. The smallest absolute Gasteiger partial charge is 0.245 e. The monoisotopic (exact) mass is 388 g/mol. The molecule has 138 valence electrons. The van der Waals surface area contributed by atoms with Crippen molar-refractivity contribution in [2.24, 2.45) is 5.73 Å². The van der Waals surface area contributed by atoms with Crippen LogP contribution in [0.3, 0.4) is 0 Å². The van der Waals surface area contributed by atoms with Crippen molar-refractivity contribution in [3.8, 4) is 11.1 Å². The Morgan fingerprint density at radius 1 is 0.929 bits per heavy atom. The van der Waals surface area contributed by atoms with Crippen molar-refractivity contribution in [3.05, 3.63) is 89.7 Å². The lowest BCUT2D eigenvalue weighted by molar-refractivity contribution is -0.117. The van der Waals surface area contributed by atoms with Gasteiger partial charge in [0.05, 0.1) is 0 Å². The van der Waals surface area contributed by atoms with Crippen LogP contribution in [0.1, 0.15) is 11.6 Å². The van der Waals surface area contributed by atoms with E-state index in [1.807, 2.05) is 42.5 Å². The second-order valence-corrected chi connectivity index (χ2v) is 6.77. The van der Waals surface area contributed by atoms with E-state index in [-0.39, 0.29) is 5.91 Å². The van der Waals surface area contributed by atoms with E-state index >= 15 is 0 Å². The number of carbonyl (C=O) groups is 1. The summed E-state index contributed by atoms with van der Waals surface area (Å²) in [4.78, 5) is 21.0. The first kappa shape index (κ1) is 18.1. The van der Waals surface area contributed by atoms with Gasteiger partial charge in [0.1, 0.15) is 6.04 Å². The number of halogens is 1. The summed E-state index contributed by atoms with van der Waals surface area (Å²) in [5.41, 5.74) is 10.2. The first-order valence-electron chi connectivity index (χ1n) is 8.74. The molecule has 0 bridgehead atoms. The van der Waals surface area contributed by atoms with E-state index in [2.05, 4.69) is 15.3 Å². The molecule has 0 fully saturated rings. The summed E-state index contributed by atoms with van der Waals surface area (Å²) in [5, 5.41) is 4.43. The van der Waals surface area contributed by atoms with E-state index in [0.29, 0.717) is 21.9 Å². The number of aromatic nitrogens is 2. The summed E-state index contributed by atoms with van der Waals surface area (Å²) in [5.74, 6) is -0.284. The minimum Gasteiger partial charge on any atom is -0.324 e. The van der Waals surface area contributed by atoms with Gasteiger partial charge in [0.25, 0.3) is 0 Å². The average Bonchev–Trinajstić information content (AvgIpc) is 2.74. The molecule has 2 aromatic carbocycles. The predicted molar refractivity (Wildman–Crippen MR) is 112 cm³/mol. The predicted octanol–water partition coefficient (Wildman–Crippen LogP) is 4.59. The molecule has 2 aromatic heterocycles. The first-order chi connectivity index (χ1) is 13.6. The van der Waals surface area contributed by atoms with Gasteiger partial charge < -0.3 is 11.1 Å². The number of nitrogens with zero attached hydrogens (tertiary/aromatic N) is 2. The number of pyridine rings is 2. The number of benzene rings is 2. The van der Waals surface area contributed by atoms with Crippen LogP contribution in [-0.2, 0) is 4.79 Å². The Bertz CT molecular complexity index is 1120. The Labute approximate surface area is 167 Å². The van der Waals surface area contributed by atoms with Crippen LogP contribution in [0.5, 0.6) is 0 Å². The van der Waals surface area contributed by atoms with E-state index in [9.17, 15) is 4.79 Å². The number of rotatable bonds is 4. The second-order valence-electron chi connectivity index (χ2n) is 6.33. The molecule has 0 aliphatic carbocycles. The molecule has 6 heteroatoms. The zero-order valence-corrected chi connectivity index (χ0v) is 15.6. The molecule has 1 amide bonds. The first-order valence-corrected chi connectivity index (χ1v) is 9.12. The Kier molecular flexibility index (Phi) is 5.02. The Hall–Kier alpha value is -3.28. The summed E-state index contributed by atoms with van der Waals surface area (Å²) < 4.78 is 0. The molecule has 4 aromatic rings. The fourth-order valence-corrected chi connectivity index (χ4v) is 3.13. The molecule has 1 atom stereocenters. The molecule has 0 saturated carbocycles. The van der Waals surface area contributed by atoms with Gasteiger partial charge in [0, 0.05) is 28.5 Å². The number of anilines is 1. The van der Waals surface area contributed by atoms with Crippen molar-refractivity contribution < 1.29 is 4.79 Å². The number of nitrogens with two attached hydrogens (primary N) is 1. The lowest BCUT2D eigenvalue weighted by Crippen LogP contribution is -2.27. The largest absolute Gasteiger partial charge is 0.324 e. The second kappa shape index (κ2) is 7.76. The SMILES string of the molecule is NC(C(=O)Nc1ccc(-c2ccnc3ncccc23)cc1)c1ccc(Cl)cc1. The number of amides is 1. The summed E-state index contributed by atoms with van der Waals surface area (Å²) in [6.45, 7) is 0. The molecule has 2 heterocycles. The van der Waals surface area contributed by atoms with E-state index in [4.69, 9.17) is 17.3 Å². The molecule has 1 unspecified atom stereocenters. The van der Waals surface area contributed by atoms with Crippen LogP contribution in [0, 0.1) is 0 Å². The highest BCUT2D eigenvalue weighted by Crippen LogP contribution is 2.27. The number of fused-ring (bicyclic) bond motifs is 1. The summed E-state index contributed by atoms with van der Waals surface area (Å²) in [6.07, 6.45) is 3.47. The molecule has 3 N–H and O–H groups in total. The van der Waals surface area contributed by atoms with Gasteiger partial charge in [-0.25, -0.2) is 9.97 Å². The summed E-state index contributed by atoms with van der Waals surface area (Å²) in [7, 11) is 0. The highest BCUT2D eigenvalue weighted by atomic mass is 35.5. The van der Waals surface area contributed by atoms with Crippen LogP contribution in [0.4, 0.5) is 5.69 Å². The maximum atomic E-state index is 12.4. The fraction of sp³-hybridized carbons (Fsp3) is 0.0455. The number of hydrogen-bond acceptors (Lipinski definition) is 4. The van der Waals surface area contributed by atoms with Gasteiger partial charge in [-0.2, -0.15) is 0 Å². The summed E-state index contributed by atoms with van der Waals surface area (Å²) >= 11 is 5.88. The van der Waals surface area contributed by atoms with Gasteiger partial charge in [0.2, 0.25) is 5.91 Å². The van der Waals surface area contributed by atoms with Gasteiger partial charge in [-0.15, -0.1) is 0 Å². The van der Waals surface area contributed by atoms with Crippen LogP contribution in [0.25, 0.3) is 22.2 Å². The van der Waals surface area contributed by atoms with Gasteiger partial charge in [0.15, 0.2) is 5.65 Å². The summed E-state index contributed by atoms with van der Waals surface area (Å²) in [6, 6.07) is 19.6. The maximum Gasteiger partial charge on any atom is 0.245 e. The minimum atomic E-state index is -0.771. The number of carbonyl (C=O) groups excluding carboxylic acids is 1. The topological polar surface area (TPSA) is 80.9 Å². The van der Waals surface area contributed by atoms with Crippen LogP contribution in [0.2, 0.25) is 5.02 Å². The molecule has 4 rings (SSSR count). The van der Waals surface area contributed by atoms with Crippen molar-refractivity contribution in [3.63, 3.8) is 0 Å². The molecule has 28 heavy (non-hydrogen) atoms. The molecule has 0 spiro atoms. The van der Waals surface area contributed by atoms with Gasteiger partial charge >= 0.3 is 0 Å². The molecule has 0 aliphatic heterocycles. The minimum absolute atomic E-state index is 0.284. The quantitative estimate of drug-likeness (QED) is 0.535. The lowest BCUT2D eigenvalue weighted by atomic mass is 10.0. The molecule has 0 aliphatic rings.